The van der Waals surface area contributed by atoms with Gasteiger partial charge in [0, 0.05) is 42.2 Å². The fourth-order valence-corrected chi connectivity index (χ4v) is 2.67. The number of nitrogen functional groups attached to an aromatic ring is 1. The van der Waals surface area contributed by atoms with Crippen molar-refractivity contribution in [1.82, 2.24) is 9.55 Å². The molecule has 1 aromatic carbocycles. The molecule has 0 aliphatic heterocycles. The maximum Gasteiger partial charge on any atom is 0.109 e. The summed E-state index contributed by atoms with van der Waals surface area (Å²) in [6.07, 6.45) is 4.77. The number of rotatable bonds is 4. The SMILES string of the molecule is Cc1cccc(SCCc2nccn2C)c1N. The number of nitrogens with zero attached hydrogens (tertiary/aromatic N) is 2. The Balaban J connectivity index is 1.95. The molecule has 0 aliphatic rings. The summed E-state index contributed by atoms with van der Waals surface area (Å²) in [6.45, 7) is 2.04. The highest BCUT2D eigenvalue weighted by atomic mass is 32.2. The molecular weight excluding hydrogens is 230 g/mol. The summed E-state index contributed by atoms with van der Waals surface area (Å²) in [4.78, 5) is 5.47. The molecule has 90 valence electrons. The molecule has 0 unspecified atom stereocenters. The van der Waals surface area contributed by atoms with Crippen molar-refractivity contribution in [2.75, 3.05) is 11.5 Å². The molecule has 2 rings (SSSR count). The van der Waals surface area contributed by atoms with E-state index in [1.54, 1.807) is 11.8 Å². The lowest BCUT2D eigenvalue weighted by molar-refractivity contribution is 0.811. The lowest BCUT2D eigenvalue weighted by Crippen LogP contribution is -1.99. The van der Waals surface area contributed by atoms with Crippen molar-refractivity contribution >= 4 is 17.4 Å². The summed E-state index contributed by atoms with van der Waals surface area (Å²) in [5.74, 6) is 2.11. The third-order valence-corrected chi connectivity index (χ3v) is 3.86. The molecule has 3 nitrogen and oxygen atoms in total. The van der Waals surface area contributed by atoms with Crippen molar-refractivity contribution in [3.05, 3.63) is 42.0 Å². The number of aryl methyl sites for hydroxylation is 3. The number of nitrogens with two attached hydrogens (primary N) is 1. The Bertz CT molecular complexity index is 505. The standard InChI is InChI=1S/C13H17N3S/c1-10-4-3-5-11(13(10)14)17-9-6-12-15-7-8-16(12)2/h3-5,7-8H,6,9,14H2,1-2H3. The van der Waals surface area contributed by atoms with Gasteiger partial charge in [0.1, 0.15) is 5.82 Å². The van der Waals surface area contributed by atoms with Crippen molar-refractivity contribution in [2.45, 2.75) is 18.2 Å². The molecular formula is C13H17N3S. The topological polar surface area (TPSA) is 43.8 Å². The van der Waals surface area contributed by atoms with Crippen LogP contribution in [0, 0.1) is 6.92 Å². The van der Waals surface area contributed by atoms with Gasteiger partial charge in [-0.05, 0) is 18.6 Å². The first kappa shape index (κ1) is 12.0. The average Bonchev–Trinajstić information content (AvgIpc) is 2.71. The molecule has 0 fully saturated rings. The van der Waals surface area contributed by atoms with Gasteiger partial charge in [0.05, 0.1) is 0 Å². The van der Waals surface area contributed by atoms with E-state index in [1.807, 2.05) is 32.4 Å². The second kappa shape index (κ2) is 5.27. The van der Waals surface area contributed by atoms with Crippen molar-refractivity contribution in [1.29, 1.82) is 0 Å². The third kappa shape index (κ3) is 2.82. The van der Waals surface area contributed by atoms with Crippen LogP contribution < -0.4 is 5.73 Å². The Morgan fingerprint density at radius 3 is 2.94 bits per heavy atom. The van der Waals surface area contributed by atoms with Gasteiger partial charge in [-0.2, -0.15) is 0 Å². The summed E-state index contributed by atoms with van der Waals surface area (Å²) >= 11 is 1.79. The van der Waals surface area contributed by atoms with Crippen LogP contribution in [0.5, 0.6) is 0 Å². The lowest BCUT2D eigenvalue weighted by Gasteiger charge is -2.07. The monoisotopic (exact) mass is 247 g/mol. The van der Waals surface area contributed by atoms with Gasteiger partial charge in [-0.1, -0.05) is 12.1 Å². The molecule has 1 aromatic heterocycles. The van der Waals surface area contributed by atoms with E-state index in [0.29, 0.717) is 0 Å². The van der Waals surface area contributed by atoms with Crippen LogP contribution in [0.15, 0.2) is 35.5 Å². The van der Waals surface area contributed by atoms with Gasteiger partial charge in [0.15, 0.2) is 0 Å². The molecule has 2 N–H and O–H groups in total. The molecule has 0 spiro atoms. The summed E-state index contributed by atoms with van der Waals surface area (Å²) in [6, 6.07) is 6.17. The van der Waals surface area contributed by atoms with E-state index in [1.165, 1.54) is 4.90 Å². The smallest absolute Gasteiger partial charge is 0.109 e. The molecule has 0 saturated heterocycles. The lowest BCUT2D eigenvalue weighted by atomic mass is 10.2. The summed E-state index contributed by atoms with van der Waals surface area (Å²) in [7, 11) is 2.02. The molecule has 0 radical (unpaired) electrons. The number of imidazole rings is 1. The Hall–Kier alpha value is -1.42. The van der Waals surface area contributed by atoms with E-state index in [9.17, 15) is 0 Å². The first-order chi connectivity index (χ1) is 8.18. The summed E-state index contributed by atoms with van der Waals surface area (Å²) in [5, 5.41) is 0. The number of benzene rings is 1. The molecule has 4 heteroatoms. The number of anilines is 1. The van der Waals surface area contributed by atoms with E-state index in [2.05, 4.69) is 21.7 Å². The largest absolute Gasteiger partial charge is 0.398 e. The molecule has 0 saturated carbocycles. The van der Waals surface area contributed by atoms with Crippen LogP contribution in [-0.4, -0.2) is 15.3 Å². The van der Waals surface area contributed by atoms with Gasteiger partial charge in [-0.15, -0.1) is 11.8 Å². The molecule has 0 bridgehead atoms. The average molecular weight is 247 g/mol. The van der Waals surface area contributed by atoms with Gasteiger partial charge >= 0.3 is 0 Å². The van der Waals surface area contributed by atoms with Gasteiger partial charge in [0.2, 0.25) is 0 Å². The van der Waals surface area contributed by atoms with E-state index >= 15 is 0 Å². The van der Waals surface area contributed by atoms with Crippen LogP contribution in [0.3, 0.4) is 0 Å². The number of para-hydroxylation sites is 1. The summed E-state index contributed by atoms with van der Waals surface area (Å²) < 4.78 is 2.06. The van der Waals surface area contributed by atoms with Crippen molar-refractivity contribution in [3.63, 3.8) is 0 Å². The molecule has 2 aromatic rings. The van der Waals surface area contributed by atoms with Crippen LogP contribution in [0.1, 0.15) is 11.4 Å². The zero-order chi connectivity index (χ0) is 12.3. The first-order valence-electron chi connectivity index (χ1n) is 5.62. The normalized spacial score (nSPS) is 10.7. The van der Waals surface area contributed by atoms with Crippen LogP contribution in [0.4, 0.5) is 5.69 Å². The van der Waals surface area contributed by atoms with Crippen LogP contribution in [-0.2, 0) is 13.5 Å². The van der Waals surface area contributed by atoms with Crippen LogP contribution in [0.2, 0.25) is 0 Å². The van der Waals surface area contributed by atoms with E-state index < -0.39 is 0 Å². The van der Waals surface area contributed by atoms with E-state index in [4.69, 9.17) is 5.73 Å². The van der Waals surface area contributed by atoms with Crippen molar-refractivity contribution in [3.8, 4) is 0 Å². The van der Waals surface area contributed by atoms with Gasteiger partial charge in [0.25, 0.3) is 0 Å². The minimum atomic E-state index is 0.900. The zero-order valence-electron chi connectivity index (χ0n) is 10.2. The van der Waals surface area contributed by atoms with E-state index in [-0.39, 0.29) is 0 Å². The highest BCUT2D eigenvalue weighted by Gasteiger charge is 2.04. The molecule has 0 aliphatic carbocycles. The van der Waals surface area contributed by atoms with Gasteiger partial charge in [-0.3, -0.25) is 0 Å². The second-order valence-corrected chi connectivity index (χ2v) is 5.18. The highest BCUT2D eigenvalue weighted by molar-refractivity contribution is 7.99. The highest BCUT2D eigenvalue weighted by Crippen LogP contribution is 2.27. The van der Waals surface area contributed by atoms with Gasteiger partial charge < -0.3 is 10.3 Å². The Labute approximate surface area is 106 Å². The molecule has 0 amide bonds. The number of hydrogen-bond acceptors (Lipinski definition) is 3. The van der Waals surface area contributed by atoms with E-state index in [0.717, 1.165) is 29.2 Å². The third-order valence-electron chi connectivity index (χ3n) is 2.79. The molecule has 0 atom stereocenters. The Morgan fingerprint density at radius 1 is 1.41 bits per heavy atom. The predicted octanol–water partition coefficient (Wildman–Crippen LogP) is 2.65. The minimum absolute atomic E-state index is 0.900. The maximum atomic E-state index is 6.03. The second-order valence-electron chi connectivity index (χ2n) is 4.04. The molecule has 1 heterocycles. The quantitative estimate of drug-likeness (QED) is 0.667. The number of hydrogen-bond donors (Lipinski definition) is 1. The number of thioether (sulfide) groups is 1. The molecule has 17 heavy (non-hydrogen) atoms. The predicted molar refractivity (Wildman–Crippen MR) is 73.2 cm³/mol. The van der Waals surface area contributed by atoms with Crippen LogP contribution in [0.25, 0.3) is 0 Å². The van der Waals surface area contributed by atoms with Crippen molar-refractivity contribution < 1.29 is 0 Å². The first-order valence-corrected chi connectivity index (χ1v) is 6.61. The van der Waals surface area contributed by atoms with Crippen molar-refractivity contribution in [2.24, 2.45) is 7.05 Å². The Morgan fingerprint density at radius 2 is 2.24 bits per heavy atom. The zero-order valence-corrected chi connectivity index (χ0v) is 11.0. The van der Waals surface area contributed by atoms with Gasteiger partial charge in [-0.25, -0.2) is 4.98 Å². The fraction of sp³-hybridized carbons (Fsp3) is 0.308. The summed E-state index contributed by atoms with van der Waals surface area (Å²) in [5.41, 5.74) is 8.08. The maximum absolute atomic E-state index is 6.03. The Kier molecular flexibility index (Phi) is 3.74. The fourth-order valence-electron chi connectivity index (χ4n) is 1.67. The number of aromatic nitrogens is 2. The minimum Gasteiger partial charge on any atom is -0.398 e. The van der Waals surface area contributed by atoms with Crippen LogP contribution >= 0.6 is 11.8 Å².